The fraction of sp³-hybridized carbons (Fsp3) is 0.733. The first-order chi connectivity index (χ1) is 9.19. The molecule has 1 N–H and O–H groups in total. The molecule has 0 aromatic carbocycles. The van der Waals surface area contributed by atoms with Crippen molar-refractivity contribution in [3.05, 3.63) is 11.9 Å². The van der Waals surface area contributed by atoms with Gasteiger partial charge in [0.2, 0.25) is 5.88 Å². The summed E-state index contributed by atoms with van der Waals surface area (Å²) in [6.45, 7) is 8.94. The molecule has 1 unspecified atom stereocenters. The molecule has 0 aliphatic carbocycles. The van der Waals surface area contributed by atoms with Gasteiger partial charge < -0.3 is 10.1 Å². The Balaban J connectivity index is 2.71. The van der Waals surface area contributed by atoms with Crippen LogP contribution in [0.1, 0.15) is 58.7 Å². The Morgan fingerprint density at radius 1 is 1.16 bits per heavy atom. The van der Waals surface area contributed by atoms with E-state index in [-0.39, 0.29) is 0 Å². The zero-order valence-corrected chi connectivity index (χ0v) is 12.7. The molecule has 0 aliphatic rings. The summed E-state index contributed by atoms with van der Waals surface area (Å²) in [5.74, 6) is 2.29. The smallest absolute Gasteiger partial charge is 0.218 e. The third-order valence-electron chi connectivity index (χ3n) is 3.00. The minimum absolute atomic E-state index is 0.494. The summed E-state index contributed by atoms with van der Waals surface area (Å²) in [6, 6.07) is 2.39. The number of aryl methyl sites for hydroxylation is 1. The van der Waals surface area contributed by atoms with Gasteiger partial charge in [0.05, 0.1) is 6.61 Å². The molecule has 19 heavy (non-hydrogen) atoms. The summed E-state index contributed by atoms with van der Waals surface area (Å²) in [5.41, 5.74) is 0. The molecule has 0 bridgehead atoms. The van der Waals surface area contributed by atoms with E-state index in [1.54, 1.807) is 0 Å². The number of unbranched alkanes of at least 4 members (excludes halogenated alkanes) is 1. The van der Waals surface area contributed by atoms with E-state index in [0.29, 0.717) is 18.5 Å². The van der Waals surface area contributed by atoms with Gasteiger partial charge in [0.15, 0.2) is 0 Å². The van der Waals surface area contributed by atoms with Crippen molar-refractivity contribution in [2.45, 2.75) is 65.8 Å². The molecule has 0 amide bonds. The van der Waals surface area contributed by atoms with Crippen LogP contribution in [-0.2, 0) is 0 Å². The van der Waals surface area contributed by atoms with Crippen molar-refractivity contribution in [3.8, 4) is 5.88 Å². The van der Waals surface area contributed by atoms with Crippen molar-refractivity contribution >= 4 is 5.82 Å². The lowest BCUT2D eigenvalue weighted by atomic mass is 10.1. The van der Waals surface area contributed by atoms with Crippen molar-refractivity contribution < 1.29 is 4.74 Å². The number of hydrogen-bond donors (Lipinski definition) is 1. The molecule has 1 aromatic heterocycles. The third kappa shape index (κ3) is 5.90. The predicted octanol–water partition coefficient (Wildman–Crippen LogP) is 3.95. The van der Waals surface area contributed by atoms with Gasteiger partial charge in [0.1, 0.15) is 11.6 Å². The van der Waals surface area contributed by atoms with Gasteiger partial charge in [-0.15, -0.1) is 0 Å². The molecular formula is C15H27N3O. The number of hydrogen-bond acceptors (Lipinski definition) is 4. The maximum absolute atomic E-state index is 5.46. The highest BCUT2D eigenvalue weighted by molar-refractivity contribution is 5.39. The van der Waals surface area contributed by atoms with E-state index in [1.165, 1.54) is 32.1 Å². The standard InChI is InChI=1S/C15H27N3O/c1-5-8-10-13(9-6-2)18-14-11-15(19-7-3)17-12(4)16-14/h11,13H,5-10H2,1-4H3,(H,16,17,18). The van der Waals surface area contributed by atoms with Crippen molar-refractivity contribution in [2.75, 3.05) is 11.9 Å². The van der Waals surface area contributed by atoms with Gasteiger partial charge >= 0.3 is 0 Å². The molecule has 1 aromatic rings. The fourth-order valence-corrected chi connectivity index (χ4v) is 2.13. The topological polar surface area (TPSA) is 47.0 Å². The Bertz CT molecular complexity index is 368. The van der Waals surface area contributed by atoms with E-state index in [4.69, 9.17) is 4.74 Å². The van der Waals surface area contributed by atoms with Gasteiger partial charge in [-0.1, -0.05) is 33.1 Å². The molecule has 0 aliphatic heterocycles. The van der Waals surface area contributed by atoms with E-state index in [1.807, 2.05) is 19.9 Å². The number of rotatable bonds is 9. The van der Waals surface area contributed by atoms with Crippen LogP contribution in [0.4, 0.5) is 5.82 Å². The van der Waals surface area contributed by atoms with Crippen LogP contribution in [0.5, 0.6) is 5.88 Å². The number of nitrogens with zero attached hydrogens (tertiary/aromatic N) is 2. The van der Waals surface area contributed by atoms with E-state index < -0.39 is 0 Å². The van der Waals surface area contributed by atoms with Crippen LogP contribution >= 0.6 is 0 Å². The van der Waals surface area contributed by atoms with Gasteiger partial charge in [-0.2, -0.15) is 4.98 Å². The summed E-state index contributed by atoms with van der Waals surface area (Å²) in [6.07, 6.45) is 6.03. The molecule has 4 nitrogen and oxygen atoms in total. The molecule has 0 saturated carbocycles. The minimum atomic E-state index is 0.494. The van der Waals surface area contributed by atoms with Crippen LogP contribution in [0.25, 0.3) is 0 Å². The SMILES string of the molecule is CCCCC(CCC)Nc1cc(OCC)nc(C)n1. The Morgan fingerprint density at radius 2 is 1.95 bits per heavy atom. The fourth-order valence-electron chi connectivity index (χ4n) is 2.13. The molecule has 1 atom stereocenters. The highest BCUT2D eigenvalue weighted by Gasteiger charge is 2.09. The molecule has 0 spiro atoms. The second-order valence-electron chi connectivity index (χ2n) is 4.84. The lowest BCUT2D eigenvalue weighted by Crippen LogP contribution is -2.20. The number of aromatic nitrogens is 2. The Kier molecular flexibility index (Phi) is 7.23. The molecule has 0 saturated heterocycles. The Hall–Kier alpha value is -1.32. The second-order valence-corrected chi connectivity index (χ2v) is 4.84. The highest BCUT2D eigenvalue weighted by atomic mass is 16.5. The van der Waals surface area contributed by atoms with E-state index in [0.717, 1.165) is 11.6 Å². The van der Waals surface area contributed by atoms with Gasteiger partial charge in [0.25, 0.3) is 0 Å². The highest BCUT2D eigenvalue weighted by Crippen LogP contribution is 2.17. The summed E-state index contributed by atoms with van der Waals surface area (Å²) in [4.78, 5) is 8.71. The summed E-state index contributed by atoms with van der Waals surface area (Å²) < 4.78 is 5.46. The molecule has 108 valence electrons. The summed E-state index contributed by atoms with van der Waals surface area (Å²) in [7, 11) is 0. The first kappa shape index (κ1) is 15.7. The van der Waals surface area contributed by atoms with Crippen LogP contribution in [-0.4, -0.2) is 22.6 Å². The van der Waals surface area contributed by atoms with Crippen LogP contribution in [0, 0.1) is 6.92 Å². The van der Waals surface area contributed by atoms with Crippen LogP contribution in [0.3, 0.4) is 0 Å². The monoisotopic (exact) mass is 265 g/mol. The maximum atomic E-state index is 5.46. The molecule has 0 fully saturated rings. The number of anilines is 1. The Morgan fingerprint density at radius 3 is 2.58 bits per heavy atom. The molecule has 1 rings (SSSR count). The lowest BCUT2D eigenvalue weighted by Gasteiger charge is -2.19. The average molecular weight is 265 g/mol. The zero-order chi connectivity index (χ0) is 14.1. The molecule has 4 heteroatoms. The maximum Gasteiger partial charge on any atom is 0.218 e. The van der Waals surface area contributed by atoms with Gasteiger partial charge in [-0.3, -0.25) is 0 Å². The van der Waals surface area contributed by atoms with E-state index >= 15 is 0 Å². The second kappa shape index (κ2) is 8.73. The first-order valence-corrected chi connectivity index (χ1v) is 7.44. The van der Waals surface area contributed by atoms with E-state index in [9.17, 15) is 0 Å². The third-order valence-corrected chi connectivity index (χ3v) is 3.00. The van der Waals surface area contributed by atoms with Gasteiger partial charge in [-0.25, -0.2) is 4.98 Å². The lowest BCUT2D eigenvalue weighted by molar-refractivity contribution is 0.325. The van der Waals surface area contributed by atoms with Crippen LogP contribution < -0.4 is 10.1 Å². The molecule has 0 radical (unpaired) electrons. The summed E-state index contributed by atoms with van der Waals surface area (Å²) >= 11 is 0. The van der Waals surface area contributed by atoms with E-state index in [2.05, 4.69) is 29.1 Å². The van der Waals surface area contributed by atoms with Crippen molar-refractivity contribution in [1.82, 2.24) is 9.97 Å². The average Bonchev–Trinajstić information content (AvgIpc) is 2.36. The Labute approximate surface area is 117 Å². The summed E-state index contributed by atoms with van der Waals surface area (Å²) in [5, 5.41) is 3.52. The van der Waals surface area contributed by atoms with Crippen LogP contribution in [0.2, 0.25) is 0 Å². The van der Waals surface area contributed by atoms with Crippen LogP contribution in [0.15, 0.2) is 6.07 Å². The zero-order valence-electron chi connectivity index (χ0n) is 12.7. The predicted molar refractivity (Wildman–Crippen MR) is 79.8 cm³/mol. The van der Waals surface area contributed by atoms with Crippen molar-refractivity contribution in [1.29, 1.82) is 0 Å². The van der Waals surface area contributed by atoms with Gasteiger partial charge in [0, 0.05) is 12.1 Å². The minimum Gasteiger partial charge on any atom is -0.478 e. The van der Waals surface area contributed by atoms with Crippen molar-refractivity contribution in [2.24, 2.45) is 0 Å². The quantitative estimate of drug-likeness (QED) is 0.734. The van der Waals surface area contributed by atoms with Crippen molar-refractivity contribution in [3.63, 3.8) is 0 Å². The largest absolute Gasteiger partial charge is 0.478 e. The first-order valence-electron chi connectivity index (χ1n) is 7.44. The normalized spacial score (nSPS) is 12.2. The molecular weight excluding hydrogens is 238 g/mol. The number of ether oxygens (including phenoxy) is 1. The van der Waals surface area contributed by atoms with Gasteiger partial charge in [-0.05, 0) is 26.7 Å². The molecule has 1 heterocycles. The number of nitrogens with one attached hydrogen (secondary N) is 1.